The number of pyridine rings is 1. The van der Waals surface area contributed by atoms with Crippen LogP contribution in [0.3, 0.4) is 0 Å². The SMILES string of the molecule is C[C@H](NC(=O)C1CNCCO1)c1cccnc1.Cl.Cl. The van der Waals surface area contributed by atoms with Crippen molar-refractivity contribution >= 4 is 30.7 Å². The summed E-state index contributed by atoms with van der Waals surface area (Å²) in [6.45, 7) is 3.90. The molecule has 1 unspecified atom stereocenters. The van der Waals surface area contributed by atoms with Crippen LogP contribution >= 0.6 is 24.8 Å². The Hall–Kier alpha value is -0.880. The number of carbonyl (C=O) groups is 1. The highest BCUT2D eigenvalue weighted by Crippen LogP contribution is 2.10. The fourth-order valence-electron chi connectivity index (χ4n) is 1.76. The van der Waals surface area contributed by atoms with Gasteiger partial charge in [0.25, 0.3) is 5.91 Å². The number of hydrogen-bond donors (Lipinski definition) is 2. The Morgan fingerprint density at radius 1 is 1.58 bits per heavy atom. The van der Waals surface area contributed by atoms with E-state index in [-0.39, 0.29) is 42.9 Å². The first-order valence-corrected chi connectivity index (χ1v) is 5.80. The Bertz CT molecular complexity index is 372. The van der Waals surface area contributed by atoms with Crippen LogP contribution in [0.2, 0.25) is 0 Å². The Morgan fingerprint density at radius 3 is 2.95 bits per heavy atom. The zero-order valence-electron chi connectivity index (χ0n) is 10.7. The van der Waals surface area contributed by atoms with Gasteiger partial charge >= 0.3 is 0 Å². The molecule has 2 atom stereocenters. The van der Waals surface area contributed by atoms with Gasteiger partial charge in [0.2, 0.25) is 0 Å². The number of ether oxygens (including phenoxy) is 1. The minimum absolute atomic E-state index is 0. The average molecular weight is 308 g/mol. The van der Waals surface area contributed by atoms with Crippen LogP contribution < -0.4 is 10.6 Å². The summed E-state index contributed by atoms with van der Waals surface area (Å²) in [6, 6.07) is 3.75. The molecule has 108 valence electrons. The van der Waals surface area contributed by atoms with Crippen molar-refractivity contribution in [3.63, 3.8) is 0 Å². The van der Waals surface area contributed by atoms with Crippen molar-refractivity contribution in [2.75, 3.05) is 19.7 Å². The third-order valence-electron chi connectivity index (χ3n) is 2.76. The molecule has 1 aromatic heterocycles. The average Bonchev–Trinajstić information content (AvgIpc) is 2.40. The molecule has 1 aliphatic rings. The van der Waals surface area contributed by atoms with E-state index in [1.54, 1.807) is 12.4 Å². The van der Waals surface area contributed by atoms with E-state index in [0.717, 1.165) is 12.1 Å². The molecule has 1 fully saturated rings. The summed E-state index contributed by atoms with van der Waals surface area (Å²) in [6.07, 6.45) is 3.08. The van der Waals surface area contributed by atoms with Crippen molar-refractivity contribution in [2.24, 2.45) is 0 Å². The molecule has 2 heterocycles. The largest absolute Gasteiger partial charge is 0.366 e. The van der Waals surface area contributed by atoms with Crippen molar-refractivity contribution in [3.8, 4) is 0 Å². The number of hydrogen-bond acceptors (Lipinski definition) is 4. The zero-order valence-corrected chi connectivity index (χ0v) is 12.3. The van der Waals surface area contributed by atoms with Crippen LogP contribution in [0.25, 0.3) is 0 Å². The van der Waals surface area contributed by atoms with Crippen molar-refractivity contribution in [2.45, 2.75) is 19.1 Å². The maximum Gasteiger partial charge on any atom is 0.250 e. The Kier molecular flexibility index (Phi) is 8.67. The standard InChI is InChI=1S/C12H17N3O2.2ClH/c1-9(10-3-2-4-13-7-10)15-12(16)11-8-14-5-6-17-11;;/h2-4,7,9,11,14H,5-6,8H2,1H3,(H,15,16);2*1H/t9-,11?;;/m0../s1. The first-order chi connectivity index (χ1) is 8.27. The number of halogens is 2. The van der Waals surface area contributed by atoms with Crippen LogP contribution in [0.5, 0.6) is 0 Å². The molecular weight excluding hydrogens is 289 g/mol. The lowest BCUT2D eigenvalue weighted by atomic mass is 10.1. The van der Waals surface area contributed by atoms with Gasteiger partial charge in [-0.25, -0.2) is 0 Å². The predicted octanol–water partition coefficient (Wildman–Crippen LogP) is 1.09. The van der Waals surface area contributed by atoms with Gasteiger partial charge in [-0.15, -0.1) is 24.8 Å². The second-order valence-electron chi connectivity index (χ2n) is 4.08. The first-order valence-electron chi connectivity index (χ1n) is 5.80. The molecule has 19 heavy (non-hydrogen) atoms. The third-order valence-corrected chi connectivity index (χ3v) is 2.76. The number of morpholine rings is 1. The normalized spacial score (nSPS) is 19.5. The number of nitrogens with one attached hydrogen (secondary N) is 2. The highest BCUT2D eigenvalue weighted by Gasteiger charge is 2.23. The summed E-state index contributed by atoms with van der Waals surface area (Å²) in [4.78, 5) is 15.9. The minimum Gasteiger partial charge on any atom is -0.366 e. The fourth-order valence-corrected chi connectivity index (χ4v) is 1.76. The van der Waals surface area contributed by atoms with Crippen LogP contribution in [0.1, 0.15) is 18.5 Å². The fraction of sp³-hybridized carbons (Fsp3) is 0.500. The van der Waals surface area contributed by atoms with Gasteiger partial charge in [-0.05, 0) is 18.6 Å². The molecule has 2 rings (SSSR count). The van der Waals surface area contributed by atoms with Gasteiger partial charge in [0.15, 0.2) is 0 Å². The molecule has 0 spiro atoms. The van der Waals surface area contributed by atoms with E-state index in [9.17, 15) is 4.79 Å². The monoisotopic (exact) mass is 307 g/mol. The summed E-state index contributed by atoms with van der Waals surface area (Å²) in [5, 5.41) is 6.05. The van der Waals surface area contributed by atoms with E-state index in [1.165, 1.54) is 0 Å². The molecule has 1 aromatic rings. The lowest BCUT2D eigenvalue weighted by molar-refractivity contribution is -0.134. The van der Waals surface area contributed by atoms with Crippen LogP contribution in [0.4, 0.5) is 0 Å². The topological polar surface area (TPSA) is 63.2 Å². The maximum atomic E-state index is 11.9. The van der Waals surface area contributed by atoms with Crippen LogP contribution in [-0.4, -0.2) is 36.7 Å². The molecule has 0 aromatic carbocycles. The smallest absolute Gasteiger partial charge is 0.250 e. The van der Waals surface area contributed by atoms with E-state index in [0.29, 0.717) is 13.2 Å². The number of amides is 1. The van der Waals surface area contributed by atoms with Gasteiger partial charge in [-0.2, -0.15) is 0 Å². The van der Waals surface area contributed by atoms with Crippen molar-refractivity contribution in [1.82, 2.24) is 15.6 Å². The zero-order chi connectivity index (χ0) is 12.1. The lowest BCUT2D eigenvalue weighted by Crippen LogP contribution is -2.48. The summed E-state index contributed by atoms with van der Waals surface area (Å²) in [5.41, 5.74) is 0.990. The second kappa shape index (κ2) is 9.09. The summed E-state index contributed by atoms with van der Waals surface area (Å²) in [5.74, 6) is -0.0754. The van der Waals surface area contributed by atoms with Crippen LogP contribution in [0, 0.1) is 0 Å². The molecule has 0 aliphatic carbocycles. The molecule has 2 N–H and O–H groups in total. The van der Waals surface area contributed by atoms with Gasteiger partial charge < -0.3 is 15.4 Å². The number of rotatable bonds is 3. The Labute approximate surface area is 125 Å². The van der Waals surface area contributed by atoms with Crippen molar-refractivity contribution < 1.29 is 9.53 Å². The minimum atomic E-state index is -0.386. The van der Waals surface area contributed by atoms with Crippen LogP contribution in [0.15, 0.2) is 24.5 Å². The van der Waals surface area contributed by atoms with Gasteiger partial charge in [-0.1, -0.05) is 6.07 Å². The number of aromatic nitrogens is 1. The van der Waals surface area contributed by atoms with Crippen molar-refractivity contribution in [3.05, 3.63) is 30.1 Å². The summed E-state index contributed by atoms with van der Waals surface area (Å²) >= 11 is 0. The molecule has 0 radical (unpaired) electrons. The third kappa shape index (κ3) is 5.32. The van der Waals surface area contributed by atoms with Crippen molar-refractivity contribution in [1.29, 1.82) is 0 Å². The van der Waals surface area contributed by atoms with Gasteiger partial charge in [0, 0.05) is 25.5 Å². The second-order valence-corrected chi connectivity index (χ2v) is 4.08. The lowest BCUT2D eigenvalue weighted by Gasteiger charge is -2.24. The molecule has 0 bridgehead atoms. The van der Waals surface area contributed by atoms with E-state index < -0.39 is 0 Å². The van der Waals surface area contributed by atoms with E-state index >= 15 is 0 Å². The molecule has 1 amide bonds. The van der Waals surface area contributed by atoms with Gasteiger partial charge in [0.1, 0.15) is 6.10 Å². The predicted molar refractivity (Wildman–Crippen MR) is 77.9 cm³/mol. The van der Waals surface area contributed by atoms with Crippen LogP contribution in [-0.2, 0) is 9.53 Å². The molecular formula is C12H19Cl2N3O2. The Balaban J connectivity index is 0.00000162. The van der Waals surface area contributed by atoms with E-state index in [1.807, 2.05) is 19.1 Å². The summed E-state index contributed by atoms with van der Waals surface area (Å²) < 4.78 is 5.39. The Morgan fingerprint density at radius 2 is 2.37 bits per heavy atom. The molecule has 5 nitrogen and oxygen atoms in total. The summed E-state index contributed by atoms with van der Waals surface area (Å²) in [7, 11) is 0. The molecule has 0 saturated carbocycles. The number of nitrogens with zero attached hydrogens (tertiary/aromatic N) is 1. The van der Waals surface area contributed by atoms with Gasteiger partial charge in [-0.3, -0.25) is 9.78 Å². The quantitative estimate of drug-likeness (QED) is 0.877. The highest BCUT2D eigenvalue weighted by atomic mass is 35.5. The van der Waals surface area contributed by atoms with Gasteiger partial charge in [0.05, 0.1) is 12.6 Å². The number of carbonyl (C=O) groups excluding carboxylic acids is 1. The molecule has 7 heteroatoms. The molecule has 1 aliphatic heterocycles. The van der Waals surface area contributed by atoms with E-state index in [4.69, 9.17) is 4.74 Å². The highest BCUT2D eigenvalue weighted by molar-refractivity contribution is 5.85. The van der Waals surface area contributed by atoms with E-state index in [2.05, 4.69) is 15.6 Å². The molecule has 1 saturated heterocycles. The maximum absolute atomic E-state index is 11.9. The first kappa shape index (κ1) is 18.1.